The molecule has 8 aromatic rings. The molecule has 0 aliphatic carbocycles. The van der Waals surface area contributed by atoms with Gasteiger partial charge in [-0.25, -0.2) is 0 Å². The topological polar surface area (TPSA) is 4.93 Å². The van der Waals surface area contributed by atoms with Gasteiger partial charge in [-0.1, -0.05) is 127 Å². The molecule has 0 aliphatic rings. The van der Waals surface area contributed by atoms with Crippen molar-refractivity contribution >= 4 is 32.6 Å². The van der Waals surface area contributed by atoms with Crippen molar-refractivity contribution in [2.24, 2.45) is 0 Å². The Morgan fingerprint density at radius 3 is 1.48 bits per heavy atom. The zero-order valence-electron chi connectivity index (χ0n) is 22.3. The molecule has 0 saturated carbocycles. The van der Waals surface area contributed by atoms with Crippen molar-refractivity contribution in [1.82, 2.24) is 4.57 Å². The summed E-state index contributed by atoms with van der Waals surface area (Å²) in [7, 11) is 0. The number of hydrogen-bond donors (Lipinski definition) is 0. The summed E-state index contributed by atoms with van der Waals surface area (Å²) >= 11 is 0. The van der Waals surface area contributed by atoms with Crippen LogP contribution in [-0.4, -0.2) is 4.57 Å². The van der Waals surface area contributed by atoms with E-state index in [1.165, 1.54) is 77.2 Å². The van der Waals surface area contributed by atoms with Crippen molar-refractivity contribution < 1.29 is 0 Å². The Morgan fingerprint density at radius 1 is 0.400 bits per heavy atom. The van der Waals surface area contributed by atoms with Crippen molar-refractivity contribution in [3.8, 4) is 39.1 Å². The summed E-state index contributed by atoms with van der Waals surface area (Å²) in [5.41, 5.74) is 12.4. The first kappa shape index (κ1) is 22.8. The summed E-state index contributed by atoms with van der Waals surface area (Å²) in [6.45, 7) is 2.14. The highest BCUT2D eigenvalue weighted by atomic mass is 15.0. The number of benzene rings is 7. The second-order valence-electron chi connectivity index (χ2n) is 10.7. The van der Waals surface area contributed by atoms with Gasteiger partial charge in [-0.05, 0) is 75.3 Å². The molecule has 0 spiro atoms. The summed E-state index contributed by atoms with van der Waals surface area (Å²) in [6, 6.07) is 53.1. The first-order valence-electron chi connectivity index (χ1n) is 13.9. The Hall–Kier alpha value is -5.14. The highest BCUT2D eigenvalue weighted by Gasteiger charge is 2.21. The standard InChI is InChI=1S/C39H27N/c1-26-15-17-27(18-16-26)30-13-8-14-31(25-30)40-36-23-21-32(28-9-4-2-5-10-28)34-19-20-35-33(29-11-6-3-7-12-29)22-24-37(40)39(35)38(34)36/h2-25H,1H3. The molecule has 0 fully saturated rings. The summed E-state index contributed by atoms with van der Waals surface area (Å²) in [5, 5.41) is 5.24. The maximum atomic E-state index is 2.45. The summed E-state index contributed by atoms with van der Waals surface area (Å²) in [4.78, 5) is 0. The molecule has 0 bridgehead atoms. The first-order valence-corrected chi connectivity index (χ1v) is 13.9. The van der Waals surface area contributed by atoms with Crippen molar-refractivity contribution in [3.63, 3.8) is 0 Å². The molecule has 1 aromatic heterocycles. The van der Waals surface area contributed by atoms with E-state index in [4.69, 9.17) is 0 Å². The molecule has 7 aromatic carbocycles. The molecular formula is C39H27N. The number of aromatic nitrogens is 1. The lowest BCUT2D eigenvalue weighted by molar-refractivity contribution is 1.18. The highest BCUT2D eigenvalue weighted by Crippen LogP contribution is 2.45. The summed E-state index contributed by atoms with van der Waals surface area (Å²) in [5.74, 6) is 0. The zero-order valence-corrected chi connectivity index (χ0v) is 22.3. The summed E-state index contributed by atoms with van der Waals surface area (Å²) in [6.07, 6.45) is 0. The van der Waals surface area contributed by atoms with E-state index >= 15 is 0 Å². The summed E-state index contributed by atoms with van der Waals surface area (Å²) < 4.78 is 2.45. The SMILES string of the molecule is Cc1ccc(-c2cccc(-n3c4ccc(-c5ccccc5)c5ccc6c(-c7ccccc7)ccc3c6c54)c2)cc1. The van der Waals surface area contributed by atoms with Gasteiger partial charge in [0.05, 0.1) is 11.0 Å². The fourth-order valence-electron chi connectivity index (χ4n) is 6.34. The van der Waals surface area contributed by atoms with E-state index in [9.17, 15) is 0 Å². The largest absolute Gasteiger partial charge is 0.309 e. The minimum absolute atomic E-state index is 1.18. The highest BCUT2D eigenvalue weighted by molar-refractivity contribution is 6.28. The lowest BCUT2D eigenvalue weighted by Crippen LogP contribution is -1.94. The zero-order chi connectivity index (χ0) is 26.6. The fraction of sp³-hybridized carbons (Fsp3) is 0.0256. The van der Waals surface area contributed by atoms with Crippen LogP contribution in [0.2, 0.25) is 0 Å². The monoisotopic (exact) mass is 509 g/mol. The van der Waals surface area contributed by atoms with Crippen molar-refractivity contribution in [3.05, 3.63) is 151 Å². The van der Waals surface area contributed by atoms with E-state index in [0.29, 0.717) is 0 Å². The first-order chi connectivity index (χ1) is 19.8. The molecule has 1 heterocycles. The van der Waals surface area contributed by atoms with Gasteiger partial charge in [0.1, 0.15) is 0 Å². The number of hydrogen-bond acceptors (Lipinski definition) is 0. The van der Waals surface area contributed by atoms with Crippen LogP contribution in [0, 0.1) is 6.92 Å². The molecule has 0 saturated heterocycles. The van der Waals surface area contributed by atoms with Gasteiger partial charge in [0.15, 0.2) is 0 Å². The van der Waals surface area contributed by atoms with Crippen LogP contribution >= 0.6 is 0 Å². The Morgan fingerprint density at radius 2 is 0.925 bits per heavy atom. The van der Waals surface area contributed by atoms with Gasteiger partial charge in [-0.2, -0.15) is 0 Å². The van der Waals surface area contributed by atoms with Crippen LogP contribution in [0.25, 0.3) is 71.6 Å². The van der Waals surface area contributed by atoms with Crippen LogP contribution in [0.3, 0.4) is 0 Å². The molecule has 8 rings (SSSR count). The number of aryl methyl sites for hydroxylation is 1. The molecule has 0 aliphatic heterocycles. The maximum absolute atomic E-state index is 2.45. The Labute approximate surface area is 233 Å². The van der Waals surface area contributed by atoms with Gasteiger partial charge in [0.2, 0.25) is 0 Å². The lowest BCUT2D eigenvalue weighted by Gasteiger charge is -2.11. The average molecular weight is 510 g/mol. The minimum Gasteiger partial charge on any atom is -0.309 e. The lowest BCUT2D eigenvalue weighted by atomic mass is 9.91. The van der Waals surface area contributed by atoms with E-state index < -0.39 is 0 Å². The van der Waals surface area contributed by atoms with E-state index in [0.717, 1.165) is 0 Å². The molecule has 40 heavy (non-hydrogen) atoms. The van der Waals surface area contributed by atoms with Gasteiger partial charge in [-0.3, -0.25) is 0 Å². The predicted octanol–water partition coefficient (Wildman–Crippen LogP) is 10.7. The second kappa shape index (κ2) is 8.97. The normalized spacial score (nSPS) is 11.6. The van der Waals surface area contributed by atoms with Crippen molar-refractivity contribution in [2.45, 2.75) is 6.92 Å². The molecule has 188 valence electrons. The number of rotatable bonds is 4. The number of nitrogens with zero attached hydrogens (tertiary/aromatic N) is 1. The Bertz CT molecular complexity index is 2020. The van der Waals surface area contributed by atoms with Gasteiger partial charge >= 0.3 is 0 Å². The van der Waals surface area contributed by atoms with Crippen molar-refractivity contribution in [2.75, 3.05) is 0 Å². The fourth-order valence-corrected chi connectivity index (χ4v) is 6.34. The van der Waals surface area contributed by atoms with Crippen LogP contribution < -0.4 is 0 Å². The Kier molecular flexibility index (Phi) is 5.11. The van der Waals surface area contributed by atoms with E-state index in [-0.39, 0.29) is 0 Å². The third kappa shape index (κ3) is 3.48. The molecule has 1 heteroatoms. The molecule has 0 radical (unpaired) electrons. The third-order valence-corrected chi connectivity index (χ3v) is 8.25. The maximum Gasteiger partial charge on any atom is 0.0547 e. The van der Waals surface area contributed by atoms with Crippen LogP contribution in [0.15, 0.2) is 146 Å². The Balaban J connectivity index is 1.46. The second-order valence-corrected chi connectivity index (χ2v) is 10.7. The predicted molar refractivity (Wildman–Crippen MR) is 171 cm³/mol. The quantitative estimate of drug-likeness (QED) is 0.208. The van der Waals surface area contributed by atoms with Gasteiger partial charge in [0.25, 0.3) is 0 Å². The molecule has 1 nitrogen and oxygen atoms in total. The van der Waals surface area contributed by atoms with Crippen LogP contribution in [-0.2, 0) is 0 Å². The van der Waals surface area contributed by atoms with E-state index in [1.807, 2.05) is 0 Å². The molecule has 0 atom stereocenters. The molecular weight excluding hydrogens is 482 g/mol. The third-order valence-electron chi connectivity index (χ3n) is 8.25. The average Bonchev–Trinajstić information content (AvgIpc) is 3.36. The van der Waals surface area contributed by atoms with Gasteiger partial charge in [0, 0.05) is 16.5 Å². The minimum atomic E-state index is 1.18. The smallest absolute Gasteiger partial charge is 0.0547 e. The van der Waals surface area contributed by atoms with E-state index in [1.54, 1.807) is 0 Å². The van der Waals surface area contributed by atoms with E-state index in [2.05, 4.69) is 157 Å². The molecule has 0 N–H and O–H groups in total. The van der Waals surface area contributed by atoms with Crippen LogP contribution in [0.1, 0.15) is 5.56 Å². The molecule has 0 unspecified atom stereocenters. The van der Waals surface area contributed by atoms with Gasteiger partial charge < -0.3 is 4.57 Å². The van der Waals surface area contributed by atoms with Gasteiger partial charge in [-0.15, -0.1) is 0 Å². The van der Waals surface area contributed by atoms with Crippen LogP contribution in [0.4, 0.5) is 0 Å². The molecule has 0 amide bonds. The van der Waals surface area contributed by atoms with Crippen molar-refractivity contribution in [1.29, 1.82) is 0 Å². The van der Waals surface area contributed by atoms with Crippen LogP contribution in [0.5, 0.6) is 0 Å².